The summed E-state index contributed by atoms with van der Waals surface area (Å²) in [5.74, 6) is -1.31. The minimum absolute atomic E-state index is 0.200. The molecule has 0 saturated carbocycles. The highest BCUT2D eigenvalue weighted by Gasteiger charge is 2.11. The van der Waals surface area contributed by atoms with Gasteiger partial charge < -0.3 is 0 Å². The number of hydrogen-bond donors (Lipinski definition) is 0. The molecule has 0 atom stereocenters. The van der Waals surface area contributed by atoms with Crippen molar-refractivity contribution in [1.82, 2.24) is 0 Å². The second kappa shape index (κ2) is 8.43. The van der Waals surface area contributed by atoms with Crippen LogP contribution in [0.3, 0.4) is 0 Å². The lowest BCUT2D eigenvalue weighted by Crippen LogP contribution is -2.11. The SMILES string of the molecule is CCCC(=O)OOC(=O)c1ccc(N=Nc2ccccc2)cc1. The summed E-state index contributed by atoms with van der Waals surface area (Å²) >= 11 is 0. The molecule has 0 saturated heterocycles. The second-order valence-corrected chi connectivity index (χ2v) is 4.66. The van der Waals surface area contributed by atoms with E-state index in [2.05, 4.69) is 20.0 Å². The van der Waals surface area contributed by atoms with Gasteiger partial charge in [-0.05, 0) is 42.8 Å². The van der Waals surface area contributed by atoms with E-state index < -0.39 is 11.9 Å². The summed E-state index contributed by atoms with van der Waals surface area (Å²) in [6.07, 6.45) is 0.823. The lowest BCUT2D eigenvalue weighted by Gasteiger charge is -2.02. The van der Waals surface area contributed by atoms with Crippen molar-refractivity contribution in [2.45, 2.75) is 19.8 Å². The summed E-state index contributed by atoms with van der Waals surface area (Å²) in [6, 6.07) is 15.6. The Morgan fingerprint density at radius 2 is 1.48 bits per heavy atom. The van der Waals surface area contributed by atoms with Crippen LogP contribution in [0.5, 0.6) is 0 Å². The van der Waals surface area contributed by atoms with E-state index >= 15 is 0 Å². The average Bonchev–Trinajstić information content (AvgIpc) is 2.59. The Balaban J connectivity index is 1.92. The first-order valence-electron chi connectivity index (χ1n) is 7.17. The van der Waals surface area contributed by atoms with E-state index in [0.717, 1.165) is 5.69 Å². The normalized spacial score (nSPS) is 10.5. The van der Waals surface area contributed by atoms with Crippen LogP contribution in [0.25, 0.3) is 0 Å². The van der Waals surface area contributed by atoms with E-state index in [1.807, 2.05) is 37.3 Å². The second-order valence-electron chi connectivity index (χ2n) is 4.66. The zero-order valence-electron chi connectivity index (χ0n) is 12.6. The summed E-state index contributed by atoms with van der Waals surface area (Å²) in [6.45, 7) is 1.83. The van der Waals surface area contributed by atoms with Crippen LogP contribution in [0.1, 0.15) is 30.1 Å². The van der Waals surface area contributed by atoms with E-state index in [1.165, 1.54) is 12.1 Å². The van der Waals surface area contributed by atoms with Crippen LogP contribution in [0.4, 0.5) is 11.4 Å². The predicted molar refractivity (Wildman–Crippen MR) is 83.5 cm³/mol. The van der Waals surface area contributed by atoms with Crippen LogP contribution in [0, 0.1) is 0 Å². The number of carbonyl (C=O) groups excluding carboxylic acids is 2. The minimum atomic E-state index is -0.735. The van der Waals surface area contributed by atoms with E-state index in [4.69, 9.17) is 0 Å². The van der Waals surface area contributed by atoms with Crippen molar-refractivity contribution in [2.24, 2.45) is 10.2 Å². The third-order valence-corrected chi connectivity index (χ3v) is 2.80. The molecule has 0 aliphatic rings. The van der Waals surface area contributed by atoms with Gasteiger partial charge in [0.1, 0.15) is 0 Å². The van der Waals surface area contributed by atoms with Crippen molar-refractivity contribution in [3.63, 3.8) is 0 Å². The molecule has 0 unspecified atom stereocenters. The Labute approximate surface area is 133 Å². The first kappa shape index (κ1) is 16.4. The van der Waals surface area contributed by atoms with E-state index in [9.17, 15) is 9.59 Å². The topological polar surface area (TPSA) is 77.3 Å². The molecule has 0 aromatic heterocycles. The van der Waals surface area contributed by atoms with Crippen molar-refractivity contribution in [3.05, 3.63) is 60.2 Å². The molecule has 0 heterocycles. The maximum Gasteiger partial charge on any atom is 0.386 e. The van der Waals surface area contributed by atoms with Crippen LogP contribution < -0.4 is 0 Å². The first-order valence-corrected chi connectivity index (χ1v) is 7.17. The zero-order chi connectivity index (χ0) is 16.5. The van der Waals surface area contributed by atoms with Crippen LogP contribution in [0.2, 0.25) is 0 Å². The fourth-order valence-electron chi connectivity index (χ4n) is 1.65. The quantitative estimate of drug-likeness (QED) is 0.462. The van der Waals surface area contributed by atoms with Crippen molar-refractivity contribution >= 4 is 23.3 Å². The molecular formula is C17H16N2O4. The van der Waals surface area contributed by atoms with Crippen molar-refractivity contribution in [3.8, 4) is 0 Å². The molecular weight excluding hydrogens is 296 g/mol. The number of benzene rings is 2. The smallest absolute Gasteiger partial charge is 0.247 e. The maximum atomic E-state index is 11.7. The third-order valence-electron chi connectivity index (χ3n) is 2.80. The van der Waals surface area contributed by atoms with Crippen LogP contribution in [0.15, 0.2) is 64.8 Å². The number of nitrogens with zero attached hydrogens (tertiary/aromatic N) is 2. The van der Waals surface area contributed by atoms with Crippen molar-refractivity contribution in [1.29, 1.82) is 0 Å². The Morgan fingerprint density at radius 3 is 2.09 bits per heavy atom. The zero-order valence-corrected chi connectivity index (χ0v) is 12.6. The molecule has 2 aromatic rings. The number of carbonyl (C=O) groups is 2. The summed E-state index contributed by atoms with van der Waals surface area (Å²) in [4.78, 5) is 31.7. The van der Waals surface area contributed by atoms with E-state index in [-0.39, 0.29) is 12.0 Å². The molecule has 0 fully saturated rings. The molecule has 6 heteroatoms. The standard InChI is InChI=1S/C17H16N2O4/c1-2-6-16(20)22-23-17(21)13-9-11-15(12-10-13)19-18-14-7-4-3-5-8-14/h3-5,7-12H,2,6H2,1H3. The molecule has 0 aliphatic heterocycles. The van der Waals surface area contributed by atoms with Gasteiger partial charge in [-0.3, -0.25) is 0 Å². The Morgan fingerprint density at radius 1 is 0.870 bits per heavy atom. The highest BCUT2D eigenvalue weighted by molar-refractivity contribution is 5.89. The summed E-state index contributed by atoms with van der Waals surface area (Å²) in [5, 5.41) is 8.13. The number of azo groups is 1. The molecule has 2 rings (SSSR count). The Kier molecular flexibility index (Phi) is 5.99. The van der Waals surface area contributed by atoms with Gasteiger partial charge in [0.15, 0.2) is 0 Å². The highest BCUT2D eigenvalue weighted by atomic mass is 17.2. The summed E-state index contributed by atoms with van der Waals surface area (Å²) < 4.78 is 0. The van der Waals surface area contributed by atoms with Gasteiger partial charge >= 0.3 is 11.9 Å². The van der Waals surface area contributed by atoms with Crippen LogP contribution >= 0.6 is 0 Å². The van der Waals surface area contributed by atoms with Crippen molar-refractivity contribution in [2.75, 3.05) is 0 Å². The Hall–Kier alpha value is -3.02. The fraction of sp³-hybridized carbons (Fsp3) is 0.176. The average molecular weight is 312 g/mol. The van der Waals surface area contributed by atoms with Crippen LogP contribution in [-0.4, -0.2) is 11.9 Å². The lowest BCUT2D eigenvalue weighted by molar-refractivity contribution is -0.234. The number of rotatable bonds is 5. The van der Waals surface area contributed by atoms with Gasteiger partial charge in [-0.15, -0.1) is 0 Å². The van der Waals surface area contributed by atoms with Gasteiger partial charge in [0.05, 0.1) is 16.9 Å². The van der Waals surface area contributed by atoms with Gasteiger partial charge in [0.2, 0.25) is 0 Å². The molecule has 118 valence electrons. The van der Waals surface area contributed by atoms with Gasteiger partial charge in [-0.25, -0.2) is 19.4 Å². The molecule has 23 heavy (non-hydrogen) atoms. The molecule has 2 aromatic carbocycles. The van der Waals surface area contributed by atoms with E-state index in [0.29, 0.717) is 12.1 Å². The minimum Gasteiger partial charge on any atom is -0.247 e. The largest absolute Gasteiger partial charge is 0.386 e. The Bertz CT molecular complexity index is 681. The maximum absolute atomic E-state index is 11.7. The monoisotopic (exact) mass is 312 g/mol. The molecule has 0 bridgehead atoms. The number of hydrogen-bond acceptors (Lipinski definition) is 6. The van der Waals surface area contributed by atoms with Gasteiger partial charge in [-0.1, -0.05) is 25.1 Å². The molecule has 0 spiro atoms. The molecule has 0 aliphatic carbocycles. The molecule has 0 amide bonds. The summed E-state index contributed by atoms with van der Waals surface area (Å²) in [5.41, 5.74) is 1.58. The van der Waals surface area contributed by atoms with E-state index in [1.54, 1.807) is 12.1 Å². The van der Waals surface area contributed by atoms with Gasteiger partial charge in [-0.2, -0.15) is 10.2 Å². The van der Waals surface area contributed by atoms with Crippen molar-refractivity contribution < 1.29 is 19.4 Å². The van der Waals surface area contributed by atoms with Gasteiger partial charge in [0, 0.05) is 6.42 Å². The highest BCUT2D eigenvalue weighted by Crippen LogP contribution is 2.18. The fourth-order valence-corrected chi connectivity index (χ4v) is 1.65. The first-order chi connectivity index (χ1) is 11.2. The molecule has 0 N–H and O–H groups in total. The molecule has 6 nitrogen and oxygen atoms in total. The van der Waals surface area contributed by atoms with Crippen LogP contribution in [-0.2, 0) is 14.6 Å². The third kappa shape index (κ3) is 5.35. The van der Waals surface area contributed by atoms with Gasteiger partial charge in [0.25, 0.3) is 0 Å². The lowest BCUT2D eigenvalue weighted by atomic mass is 10.2. The molecule has 0 radical (unpaired) electrons. The summed E-state index contributed by atoms with van der Waals surface area (Å²) in [7, 11) is 0. The predicted octanol–water partition coefficient (Wildman–Crippen LogP) is 4.52.